The number of aryl methyl sites for hydroxylation is 1. The van der Waals surface area contributed by atoms with Crippen LogP contribution >= 0.6 is 22.6 Å². The van der Waals surface area contributed by atoms with Crippen molar-refractivity contribution < 1.29 is 4.74 Å². The van der Waals surface area contributed by atoms with Gasteiger partial charge in [0.1, 0.15) is 5.75 Å². The van der Waals surface area contributed by atoms with E-state index in [2.05, 4.69) is 33.6 Å². The van der Waals surface area contributed by atoms with Crippen LogP contribution in [0.4, 0.5) is 5.95 Å². The fourth-order valence-electron chi connectivity index (χ4n) is 2.33. The second kappa shape index (κ2) is 4.97. The molecule has 0 radical (unpaired) electrons. The molecule has 0 saturated heterocycles. The Labute approximate surface area is 130 Å². The van der Waals surface area contributed by atoms with E-state index < -0.39 is 0 Å². The number of imidazole rings is 1. The highest BCUT2D eigenvalue weighted by Gasteiger charge is 2.12. The molecular weight excluding hydrogens is 365 g/mol. The highest BCUT2D eigenvalue weighted by Crippen LogP contribution is 2.28. The molecular formula is C15H14IN3O. The molecule has 3 rings (SSSR count). The molecule has 0 unspecified atom stereocenters. The van der Waals surface area contributed by atoms with E-state index >= 15 is 0 Å². The first-order chi connectivity index (χ1) is 9.60. The zero-order valence-electron chi connectivity index (χ0n) is 11.2. The molecule has 2 aromatic carbocycles. The van der Waals surface area contributed by atoms with Crippen LogP contribution in [-0.4, -0.2) is 16.7 Å². The summed E-state index contributed by atoms with van der Waals surface area (Å²) in [7, 11) is 1.66. The Balaban J connectivity index is 2.26. The lowest BCUT2D eigenvalue weighted by atomic mass is 10.2. The van der Waals surface area contributed by atoms with E-state index in [4.69, 9.17) is 10.5 Å². The van der Waals surface area contributed by atoms with Crippen LogP contribution in [0, 0.1) is 10.5 Å². The Morgan fingerprint density at radius 2 is 2.00 bits per heavy atom. The molecule has 0 aliphatic carbocycles. The predicted molar refractivity (Wildman–Crippen MR) is 89.5 cm³/mol. The third-order valence-electron chi connectivity index (χ3n) is 3.29. The first kappa shape index (κ1) is 13.2. The molecule has 0 aliphatic rings. The Bertz CT molecular complexity index is 795. The standard InChI is InChI=1S/C15H14IN3O/c1-9-7-11(20-2)4-6-13(9)19-14-5-3-10(16)8-12(14)18-15(19)17/h3-8H,1-2H3,(H2,17,18). The maximum atomic E-state index is 6.09. The molecule has 1 heterocycles. The molecule has 0 saturated carbocycles. The minimum absolute atomic E-state index is 0.496. The van der Waals surface area contributed by atoms with Crippen molar-refractivity contribution in [3.63, 3.8) is 0 Å². The van der Waals surface area contributed by atoms with Crippen molar-refractivity contribution >= 4 is 39.6 Å². The minimum Gasteiger partial charge on any atom is -0.497 e. The SMILES string of the molecule is COc1ccc(-n2c(N)nc3cc(I)ccc32)c(C)c1. The summed E-state index contributed by atoms with van der Waals surface area (Å²) in [5, 5.41) is 0. The first-order valence-electron chi connectivity index (χ1n) is 6.18. The van der Waals surface area contributed by atoms with Crippen LogP contribution < -0.4 is 10.5 Å². The number of anilines is 1. The summed E-state index contributed by atoms with van der Waals surface area (Å²) in [5.41, 5.74) is 10.1. The van der Waals surface area contributed by atoms with Crippen molar-refractivity contribution in [2.24, 2.45) is 0 Å². The van der Waals surface area contributed by atoms with Gasteiger partial charge >= 0.3 is 0 Å². The third-order valence-corrected chi connectivity index (χ3v) is 3.96. The van der Waals surface area contributed by atoms with Gasteiger partial charge < -0.3 is 10.5 Å². The molecule has 1 aromatic heterocycles. The van der Waals surface area contributed by atoms with Gasteiger partial charge in [-0.2, -0.15) is 0 Å². The number of benzene rings is 2. The maximum Gasteiger partial charge on any atom is 0.205 e. The monoisotopic (exact) mass is 379 g/mol. The number of aromatic nitrogens is 2. The number of hydrogen-bond donors (Lipinski definition) is 1. The quantitative estimate of drug-likeness (QED) is 0.694. The molecule has 0 bridgehead atoms. The van der Waals surface area contributed by atoms with E-state index in [1.807, 2.05) is 41.8 Å². The van der Waals surface area contributed by atoms with E-state index in [0.29, 0.717) is 5.95 Å². The molecule has 4 nitrogen and oxygen atoms in total. The fourth-order valence-corrected chi connectivity index (χ4v) is 2.81. The lowest BCUT2D eigenvalue weighted by molar-refractivity contribution is 0.414. The van der Waals surface area contributed by atoms with Crippen molar-refractivity contribution in [2.45, 2.75) is 6.92 Å². The summed E-state index contributed by atoms with van der Waals surface area (Å²) in [6.45, 7) is 2.04. The number of nitrogens with two attached hydrogens (primary N) is 1. The summed E-state index contributed by atoms with van der Waals surface area (Å²) in [6, 6.07) is 12.1. The topological polar surface area (TPSA) is 53.1 Å². The van der Waals surface area contributed by atoms with Gasteiger partial charge in [0.05, 0.1) is 23.8 Å². The van der Waals surface area contributed by atoms with E-state index in [1.165, 1.54) is 0 Å². The molecule has 3 aromatic rings. The minimum atomic E-state index is 0.496. The van der Waals surface area contributed by atoms with E-state index in [9.17, 15) is 0 Å². The van der Waals surface area contributed by atoms with Crippen molar-refractivity contribution in [3.05, 3.63) is 45.5 Å². The van der Waals surface area contributed by atoms with Crippen LogP contribution in [-0.2, 0) is 0 Å². The second-order valence-electron chi connectivity index (χ2n) is 4.59. The maximum absolute atomic E-state index is 6.09. The molecule has 5 heteroatoms. The fraction of sp³-hybridized carbons (Fsp3) is 0.133. The molecule has 20 heavy (non-hydrogen) atoms. The Morgan fingerprint density at radius 3 is 2.70 bits per heavy atom. The molecule has 0 aliphatic heterocycles. The average molecular weight is 379 g/mol. The number of halogens is 1. The first-order valence-corrected chi connectivity index (χ1v) is 7.26. The van der Waals surface area contributed by atoms with Crippen LogP contribution in [0.3, 0.4) is 0 Å². The Morgan fingerprint density at radius 1 is 1.20 bits per heavy atom. The van der Waals surface area contributed by atoms with Crippen LogP contribution in [0.1, 0.15) is 5.56 Å². The summed E-state index contributed by atoms with van der Waals surface area (Å²) in [4.78, 5) is 4.44. The number of hydrogen-bond acceptors (Lipinski definition) is 3. The largest absolute Gasteiger partial charge is 0.497 e. The van der Waals surface area contributed by atoms with Crippen molar-refractivity contribution in [2.75, 3.05) is 12.8 Å². The molecule has 0 fully saturated rings. The number of ether oxygens (including phenoxy) is 1. The highest BCUT2D eigenvalue weighted by atomic mass is 127. The lowest BCUT2D eigenvalue weighted by Gasteiger charge is -2.11. The van der Waals surface area contributed by atoms with E-state index in [1.54, 1.807) is 7.11 Å². The zero-order valence-corrected chi connectivity index (χ0v) is 13.4. The Hall–Kier alpha value is -1.76. The van der Waals surface area contributed by atoms with Crippen molar-refractivity contribution in [1.82, 2.24) is 9.55 Å². The number of nitrogen functional groups attached to an aromatic ring is 1. The van der Waals surface area contributed by atoms with E-state index in [-0.39, 0.29) is 0 Å². The van der Waals surface area contributed by atoms with Gasteiger partial charge in [0, 0.05) is 3.57 Å². The van der Waals surface area contributed by atoms with Gasteiger partial charge in [0.15, 0.2) is 0 Å². The molecule has 0 amide bonds. The van der Waals surface area contributed by atoms with Gasteiger partial charge in [-0.25, -0.2) is 4.98 Å². The van der Waals surface area contributed by atoms with Gasteiger partial charge in [-0.15, -0.1) is 0 Å². The summed E-state index contributed by atoms with van der Waals surface area (Å²) in [6.07, 6.45) is 0. The smallest absolute Gasteiger partial charge is 0.205 e. The third kappa shape index (κ3) is 2.11. The van der Waals surface area contributed by atoms with Gasteiger partial charge in [-0.05, 0) is 71.5 Å². The van der Waals surface area contributed by atoms with Crippen LogP contribution in [0.2, 0.25) is 0 Å². The highest BCUT2D eigenvalue weighted by molar-refractivity contribution is 14.1. The molecule has 0 spiro atoms. The normalized spacial score (nSPS) is 10.9. The number of fused-ring (bicyclic) bond motifs is 1. The second-order valence-corrected chi connectivity index (χ2v) is 5.84. The lowest BCUT2D eigenvalue weighted by Crippen LogP contribution is -2.02. The number of methoxy groups -OCH3 is 1. The van der Waals surface area contributed by atoms with Gasteiger partial charge in [-0.1, -0.05) is 0 Å². The Kier molecular flexibility index (Phi) is 3.29. The van der Waals surface area contributed by atoms with Gasteiger partial charge in [0.25, 0.3) is 0 Å². The summed E-state index contributed by atoms with van der Waals surface area (Å²) >= 11 is 2.27. The summed E-state index contributed by atoms with van der Waals surface area (Å²) in [5.74, 6) is 1.33. The predicted octanol–water partition coefficient (Wildman–Crippen LogP) is 3.53. The van der Waals surface area contributed by atoms with Crippen LogP contribution in [0.5, 0.6) is 5.75 Å². The molecule has 102 valence electrons. The average Bonchev–Trinajstić information content (AvgIpc) is 2.73. The summed E-state index contributed by atoms with van der Waals surface area (Å²) < 4.78 is 8.36. The zero-order chi connectivity index (χ0) is 14.3. The van der Waals surface area contributed by atoms with Gasteiger partial charge in [-0.3, -0.25) is 4.57 Å². The van der Waals surface area contributed by atoms with Gasteiger partial charge in [0.2, 0.25) is 5.95 Å². The molecule has 2 N–H and O–H groups in total. The number of nitrogens with zero attached hydrogens (tertiary/aromatic N) is 2. The van der Waals surface area contributed by atoms with Crippen LogP contribution in [0.25, 0.3) is 16.7 Å². The van der Waals surface area contributed by atoms with E-state index in [0.717, 1.165) is 31.6 Å². The number of rotatable bonds is 2. The van der Waals surface area contributed by atoms with Crippen molar-refractivity contribution in [1.29, 1.82) is 0 Å². The van der Waals surface area contributed by atoms with Crippen LogP contribution in [0.15, 0.2) is 36.4 Å². The molecule has 0 atom stereocenters. The van der Waals surface area contributed by atoms with Crippen molar-refractivity contribution in [3.8, 4) is 11.4 Å².